The Morgan fingerprint density at radius 1 is 1.28 bits per heavy atom. The molecule has 1 aromatic heterocycles. The highest BCUT2D eigenvalue weighted by atomic mass is 16.5. The third-order valence-corrected chi connectivity index (χ3v) is 2.48. The van der Waals surface area contributed by atoms with Gasteiger partial charge in [-0.05, 0) is 24.3 Å². The Balaban J connectivity index is 2.08. The highest BCUT2D eigenvalue weighted by molar-refractivity contribution is 5.55. The second kappa shape index (κ2) is 5.64. The van der Waals surface area contributed by atoms with Gasteiger partial charge in [-0.25, -0.2) is 0 Å². The van der Waals surface area contributed by atoms with Crippen molar-refractivity contribution in [1.82, 2.24) is 15.5 Å². The lowest BCUT2D eigenvalue weighted by molar-refractivity contribution is 0.362. The molecule has 0 bridgehead atoms. The van der Waals surface area contributed by atoms with Crippen molar-refractivity contribution >= 4 is 0 Å². The maximum absolute atomic E-state index is 5.17. The van der Waals surface area contributed by atoms with E-state index in [0.29, 0.717) is 24.3 Å². The number of benzene rings is 1. The van der Waals surface area contributed by atoms with Crippen molar-refractivity contribution < 1.29 is 9.26 Å². The number of hydrogen-bond donors (Lipinski definition) is 1. The van der Waals surface area contributed by atoms with Crippen LogP contribution < -0.4 is 10.1 Å². The van der Waals surface area contributed by atoms with Crippen molar-refractivity contribution in [1.29, 1.82) is 0 Å². The van der Waals surface area contributed by atoms with Gasteiger partial charge in [0.25, 0.3) is 0 Å². The molecule has 96 valence electrons. The van der Waals surface area contributed by atoms with Gasteiger partial charge in [0, 0.05) is 11.6 Å². The number of methoxy groups -OCH3 is 1. The van der Waals surface area contributed by atoms with Gasteiger partial charge in [0.2, 0.25) is 11.7 Å². The van der Waals surface area contributed by atoms with Gasteiger partial charge in [-0.1, -0.05) is 19.0 Å². The van der Waals surface area contributed by atoms with Crippen LogP contribution in [0.5, 0.6) is 5.75 Å². The van der Waals surface area contributed by atoms with Crippen molar-refractivity contribution in [3.8, 4) is 17.1 Å². The van der Waals surface area contributed by atoms with Gasteiger partial charge in [0.05, 0.1) is 13.7 Å². The first-order chi connectivity index (χ1) is 8.69. The predicted molar refractivity (Wildman–Crippen MR) is 68.3 cm³/mol. The molecule has 0 saturated heterocycles. The fourth-order valence-electron chi connectivity index (χ4n) is 1.48. The van der Waals surface area contributed by atoms with Gasteiger partial charge in [0.1, 0.15) is 5.75 Å². The van der Waals surface area contributed by atoms with Crippen molar-refractivity contribution in [2.45, 2.75) is 26.4 Å². The third kappa shape index (κ3) is 3.07. The molecule has 5 heteroatoms. The summed E-state index contributed by atoms with van der Waals surface area (Å²) in [6, 6.07) is 7.95. The third-order valence-electron chi connectivity index (χ3n) is 2.48. The molecule has 0 atom stereocenters. The molecule has 0 radical (unpaired) electrons. The number of ether oxygens (including phenoxy) is 1. The summed E-state index contributed by atoms with van der Waals surface area (Å²) < 4.78 is 10.3. The Labute approximate surface area is 106 Å². The largest absolute Gasteiger partial charge is 0.497 e. The van der Waals surface area contributed by atoms with Crippen LogP contribution in [-0.2, 0) is 6.54 Å². The van der Waals surface area contributed by atoms with Crippen LogP contribution in [0.3, 0.4) is 0 Å². The van der Waals surface area contributed by atoms with E-state index in [0.717, 1.165) is 11.3 Å². The Hall–Kier alpha value is -1.88. The van der Waals surface area contributed by atoms with Gasteiger partial charge in [-0.15, -0.1) is 0 Å². The highest BCUT2D eigenvalue weighted by Crippen LogP contribution is 2.19. The van der Waals surface area contributed by atoms with Gasteiger partial charge in [-0.3, -0.25) is 0 Å². The first-order valence-corrected chi connectivity index (χ1v) is 5.89. The number of aromatic nitrogens is 2. The summed E-state index contributed by atoms with van der Waals surface area (Å²) in [5.41, 5.74) is 0.912. The molecule has 0 aliphatic heterocycles. The van der Waals surface area contributed by atoms with Crippen LogP contribution in [0.2, 0.25) is 0 Å². The summed E-state index contributed by atoms with van der Waals surface area (Å²) in [4.78, 5) is 4.33. The fraction of sp³-hybridized carbons (Fsp3) is 0.385. The minimum absolute atomic E-state index is 0.390. The molecular weight excluding hydrogens is 230 g/mol. The molecule has 0 unspecified atom stereocenters. The second-order valence-corrected chi connectivity index (χ2v) is 4.28. The van der Waals surface area contributed by atoms with E-state index in [9.17, 15) is 0 Å². The zero-order chi connectivity index (χ0) is 13.0. The van der Waals surface area contributed by atoms with Crippen molar-refractivity contribution in [3.63, 3.8) is 0 Å². The molecule has 18 heavy (non-hydrogen) atoms. The minimum Gasteiger partial charge on any atom is -0.497 e. The van der Waals surface area contributed by atoms with E-state index in [1.54, 1.807) is 7.11 Å². The molecule has 0 aliphatic rings. The lowest BCUT2D eigenvalue weighted by Crippen LogP contribution is -2.21. The summed E-state index contributed by atoms with van der Waals surface area (Å²) in [7, 11) is 1.64. The Morgan fingerprint density at radius 2 is 2.00 bits per heavy atom. The van der Waals surface area contributed by atoms with Crippen LogP contribution in [0.4, 0.5) is 0 Å². The minimum atomic E-state index is 0.390. The maximum atomic E-state index is 5.17. The normalized spacial score (nSPS) is 10.9. The van der Waals surface area contributed by atoms with Crippen LogP contribution in [0, 0.1) is 0 Å². The summed E-state index contributed by atoms with van der Waals surface area (Å²) in [5, 5.41) is 7.18. The van der Waals surface area contributed by atoms with Crippen LogP contribution >= 0.6 is 0 Å². The zero-order valence-electron chi connectivity index (χ0n) is 10.8. The lowest BCUT2D eigenvalue weighted by atomic mass is 10.2. The van der Waals surface area contributed by atoms with Crippen molar-refractivity contribution in [2.75, 3.05) is 7.11 Å². The summed E-state index contributed by atoms with van der Waals surface area (Å²) in [6.45, 7) is 4.72. The molecule has 0 fully saturated rings. The maximum Gasteiger partial charge on any atom is 0.240 e. The van der Waals surface area contributed by atoms with Gasteiger partial charge < -0.3 is 14.6 Å². The summed E-state index contributed by atoms with van der Waals surface area (Å²) in [6.07, 6.45) is 0. The van der Waals surface area contributed by atoms with Crippen LogP contribution in [0.25, 0.3) is 11.4 Å². The monoisotopic (exact) mass is 247 g/mol. The topological polar surface area (TPSA) is 60.2 Å². The average Bonchev–Trinajstić information content (AvgIpc) is 2.85. The summed E-state index contributed by atoms with van der Waals surface area (Å²) >= 11 is 0. The molecule has 2 rings (SSSR count). The molecule has 0 saturated carbocycles. The van der Waals surface area contributed by atoms with E-state index in [-0.39, 0.29) is 0 Å². The zero-order valence-corrected chi connectivity index (χ0v) is 10.8. The van der Waals surface area contributed by atoms with E-state index in [1.807, 2.05) is 24.3 Å². The molecule has 2 aromatic rings. The summed E-state index contributed by atoms with van der Waals surface area (Å²) in [5.74, 6) is 2.00. The number of nitrogens with zero attached hydrogens (tertiary/aromatic N) is 2. The first kappa shape index (κ1) is 12.6. The van der Waals surface area contributed by atoms with E-state index in [4.69, 9.17) is 9.26 Å². The molecule has 0 amide bonds. The number of rotatable bonds is 5. The quantitative estimate of drug-likeness (QED) is 0.878. The van der Waals surface area contributed by atoms with Gasteiger partial charge >= 0.3 is 0 Å². The van der Waals surface area contributed by atoms with E-state index in [1.165, 1.54) is 0 Å². The van der Waals surface area contributed by atoms with Crippen molar-refractivity contribution in [3.05, 3.63) is 30.2 Å². The van der Waals surface area contributed by atoms with Gasteiger partial charge in [-0.2, -0.15) is 4.98 Å². The molecule has 1 N–H and O–H groups in total. The Bertz CT molecular complexity index is 491. The highest BCUT2D eigenvalue weighted by Gasteiger charge is 2.08. The molecule has 5 nitrogen and oxygen atoms in total. The Morgan fingerprint density at radius 3 is 2.61 bits per heavy atom. The van der Waals surface area contributed by atoms with Crippen molar-refractivity contribution in [2.24, 2.45) is 0 Å². The van der Waals surface area contributed by atoms with E-state index < -0.39 is 0 Å². The molecular formula is C13H17N3O2. The van der Waals surface area contributed by atoms with Crippen LogP contribution in [-0.4, -0.2) is 23.3 Å². The standard InChI is InChI=1S/C13H17N3O2/c1-9(2)14-8-12-15-13(16-18-12)10-4-6-11(17-3)7-5-10/h4-7,9,14H,8H2,1-3H3. The number of nitrogens with one attached hydrogen (secondary N) is 1. The van der Waals surface area contributed by atoms with Gasteiger partial charge in [0.15, 0.2) is 0 Å². The average molecular weight is 247 g/mol. The second-order valence-electron chi connectivity index (χ2n) is 4.28. The smallest absolute Gasteiger partial charge is 0.240 e. The molecule has 1 aromatic carbocycles. The Kier molecular flexibility index (Phi) is 3.94. The van der Waals surface area contributed by atoms with E-state index in [2.05, 4.69) is 29.3 Å². The first-order valence-electron chi connectivity index (χ1n) is 5.89. The SMILES string of the molecule is COc1ccc(-c2noc(CNC(C)C)n2)cc1. The molecule has 0 aliphatic carbocycles. The fourth-order valence-corrected chi connectivity index (χ4v) is 1.48. The number of hydrogen-bond acceptors (Lipinski definition) is 5. The molecule has 0 spiro atoms. The molecule has 1 heterocycles. The predicted octanol–water partition coefficient (Wildman–Crippen LogP) is 2.24. The van der Waals surface area contributed by atoms with Crippen LogP contribution in [0.1, 0.15) is 19.7 Å². The lowest BCUT2D eigenvalue weighted by Gasteiger charge is -2.03. The van der Waals surface area contributed by atoms with E-state index >= 15 is 0 Å². The van der Waals surface area contributed by atoms with Crippen LogP contribution in [0.15, 0.2) is 28.8 Å².